The molecule has 0 amide bonds. The summed E-state index contributed by atoms with van der Waals surface area (Å²) in [4.78, 5) is 2.02. The summed E-state index contributed by atoms with van der Waals surface area (Å²) in [6, 6.07) is 1.71. The Hall–Kier alpha value is -1.40. The second-order valence-electron chi connectivity index (χ2n) is 5.16. The Bertz CT molecular complexity index is 475. The molecular weight excluding hydrogens is 256 g/mol. The van der Waals surface area contributed by atoms with Crippen LogP contribution >= 0.6 is 0 Å². The summed E-state index contributed by atoms with van der Waals surface area (Å²) in [5, 5.41) is 18.4. The molecule has 1 heterocycles. The Labute approximate surface area is 119 Å². The first-order valence-corrected chi connectivity index (χ1v) is 6.78. The summed E-state index contributed by atoms with van der Waals surface area (Å²) < 4.78 is 5.13. The zero-order valence-electron chi connectivity index (χ0n) is 11.7. The van der Waals surface area contributed by atoms with Crippen LogP contribution in [0.5, 0.6) is 0 Å². The van der Waals surface area contributed by atoms with Crippen molar-refractivity contribution < 1.29 is 14.6 Å². The summed E-state index contributed by atoms with van der Waals surface area (Å²) in [5.41, 5.74) is 7.69. The second-order valence-corrected chi connectivity index (χ2v) is 5.16. The predicted molar refractivity (Wildman–Crippen MR) is 78.0 cm³/mol. The minimum Gasteiger partial charge on any atom is -0.472 e. The van der Waals surface area contributed by atoms with E-state index in [0.717, 1.165) is 11.1 Å². The summed E-state index contributed by atoms with van der Waals surface area (Å²) in [7, 11) is 0. The molecule has 0 saturated heterocycles. The van der Waals surface area contributed by atoms with E-state index in [2.05, 4.69) is 6.08 Å². The van der Waals surface area contributed by atoms with E-state index in [4.69, 9.17) is 10.2 Å². The molecule has 5 nitrogen and oxygen atoms in total. The van der Waals surface area contributed by atoms with Gasteiger partial charge in [-0.3, -0.25) is 4.90 Å². The van der Waals surface area contributed by atoms with Crippen molar-refractivity contribution in [1.29, 1.82) is 0 Å². The molecule has 1 aliphatic carbocycles. The van der Waals surface area contributed by atoms with Crippen molar-refractivity contribution in [3.63, 3.8) is 0 Å². The molecule has 5 heteroatoms. The number of furan rings is 1. The highest BCUT2D eigenvalue weighted by atomic mass is 16.3. The molecule has 0 radical (unpaired) electrons. The van der Waals surface area contributed by atoms with Crippen LogP contribution in [0.3, 0.4) is 0 Å². The van der Waals surface area contributed by atoms with Crippen LogP contribution in [0.15, 0.2) is 41.2 Å². The first kappa shape index (κ1) is 15.0. The summed E-state index contributed by atoms with van der Waals surface area (Å²) in [5.74, 6) is 0. The third kappa shape index (κ3) is 3.02. The summed E-state index contributed by atoms with van der Waals surface area (Å²) in [6.45, 7) is 3.12. The van der Waals surface area contributed by atoms with Crippen molar-refractivity contribution in [1.82, 2.24) is 4.90 Å². The molecule has 1 aromatic rings. The molecule has 110 valence electrons. The van der Waals surface area contributed by atoms with E-state index in [0.29, 0.717) is 13.1 Å². The second kappa shape index (κ2) is 6.37. The minimum atomic E-state index is -0.381. The summed E-state index contributed by atoms with van der Waals surface area (Å²) in [6.07, 6.45) is 9.34. The zero-order valence-corrected chi connectivity index (χ0v) is 11.7. The van der Waals surface area contributed by atoms with Gasteiger partial charge in [-0.1, -0.05) is 18.2 Å². The number of rotatable bonds is 6. The SMILES string of the molecule is CC1(N(CCO)CCO)C=CC(N)C(c2ccoc2)=C1. The molecule has 0 fully saturated rings. The normalized spacial score (nSPS) is 26.1. The van der Waals surface area contributed by atoms with Crippen LogP contribution < -0.4 is 5.73 Å². The van der Waals surface area contributed by atoms with Crippen LogP contribution in [0.4, 0.5) is 0 Å². The van der Waals surface area contributed by atoms with Crippen LogP contribution in [0, 0.1) is 0 Å². The monoisotopic (exact) mass is 278 g/mol. The van der Waals surface area contributed by atoms with E-state index in [1.807, 2.05) is 30.0 Å². The highest BCUT2D eigenvalue weighted by Gasteiger charge is 2.31. The molecule has 0 aromatic carbocycles. The van der Waals surface area contributed by atoms with Crippen molar-refractivity contribution in [3.05, 3.63) is 42.4 Å². The van der Waals surface area contributed by atoms with Gasteiger partial charge in [0.15, 0.2) is 0 Å². The lowest BCUT2D eigenvalue weighted by molar-refractivity contribution is 0.114. The molecule has 1 aromatic heterocycles. The molecule has 0 saturated carbocycles. The first-order valence-electron chi connectivity index (χ1n) is 6.78. The van der Waals surface area contributed by atoms with Gasteiger partial charge in [0.1, 0.15) is 0 Å². The Morgan fingerprint density at radius 2 is 2.05 bits per heavy atom. The maximum absolute atomic E-state index is 9.20. The van der Waals surface area contributed by atoms with Crippen molar-refractivity contribution in [3.8, 4) is 0 Å². The third-order valence-electron chi connectivity index (χ3n) is 3.72. The lowest BCUT2D eigenvalue weighted by atomic mass is 9.85. The molecule has 0 spiro atoms. The van der Waals surface area contributed by atoms with E-state index in [9.17, 15) is 10.2 Å². The van der Waals surface area contributed by atoms with Gasteiger partial charge in [-0.25, -0.2) is 0 Å². The maximum Gasteiger partial charge on any atom is 0.0978 e. The van der Waals surface area contributed by atoms with Gasteiger partial charge in [0.2, 0.25) is 0 Å². The van der Waals surface area contributed by atoms with E-state index in [1.54, 1.807) is 12.5 Å². The van der Waals surface area contributed by atoms with E-state index in [-0.39, 0.29) is 24.8 Å². The first-order chi connectivity index (χ1) is 9.60. The Balaban J connectivity index is 2.32. The molecule has 0 bridgehead atoms. The quantitative estimate of drug-likeness (QED) is 0.664. The fraction of sp³-hybridized carbons (Fsp3) is 0.467. The molecule has 20 heavy (non-hydrogen) atoms. The van der Waals surface area contributed by atoms with Gasteiger partial charge in [-0.2, -0.15) is 0 Å². The van der Waals surface area contributed by atoms with Gasteiger partial charge in [0.25, 0.3) is 0 Å². The molecule has 2 rings (SSSR count). The van der Waals surface area contributed by atoms with Gasteiger partial charge in [-0.05, 0) is 18.6 Å². The average Bonchev–Trinajstić information content (AvgIpc) is 2.95. The van der Waals surface area contributed by atoms with Crippen molar-refractivity contribution in [2.45, 2.75) is 18.5 Å². The largest absolute Gasteiger partial charge is 0.472 e. The molecule has 1 aliphatic rings. The van der Waals surface area contributed by atoms with Crippen LogP contribution in [-0.2, 0) is 0 Å². The number of hydrogen-bond acceptors (Lipinski definition) is 5. The molecule has 4 N–H and O–H groups in total. The van der Waals surface area contributed by atoms with Gasteiger partial charge in [0.05, 0.1) is 31.3 Å². The van der Waals surface area contributed by atoms with E-state index >= 15 is 0 Å². The molecule has 0 aliphatic heterocycles. The minimum absolute atomic E-state index is 0.0460. The van der Waals surface area contributed by atoms with E-state index < -0.39 is 0 Å². The Kier molecular flexibility index (Phi) is 4.77. The van der Waals surface area contributed by atoms with Crippen LogP contribution in [0.2, 0.25) is 0 Å². The average molecular weight is 278 g/mol. The fourth-order valence-electron chi connectivity index (χ4n) is 2.60. The highest BCUT2D eigenvalue weighted by molar-refractivity contribution is 5.73. The van der Waals surface area contributed by atoms with E-state index in [1.165, 1.54) is 0 Å². The van der Waals surface area contributed by atoms with Crippen LogP contribution in [0.25, 0.3) is 5.57 Å². The van der Waals surface area contributed by atoms with Crippen molar-refractivity contribution in [2.24, 2.45) is 5.73 Å². The fourth-order valence-corrected chi connectivity index (χ4v) is 2.60. The number of nitrogens with two attached hydrogens (primary N) is 1. The third-order valence-corrected chi connectivity index (χ3v) is 3.72. The van der Waals surface area contributed by atoms with Crippen LogP contribution in [0.1, 0.15) is 12.5 Å². The molecule has 2 unspecified atom stereocenters. The zero-order chi connectivity index (χ0) is 14.6. The Morgan fingerprint density at radius 1 is 1.35 bits per heavy atom. The number of hydrogen-bond donors (Lipinski definition) is 3. The lowest BCUT2D eigenvalue weighted by Crippen LogP contribution is -2.48. The van der Waals surface area contributed by atoms with Crippen LogP contribution in [-0.4, -0.2) is 53.0 Å². The van der Waals surface area contributed by atoms with Gasteiger partial charge in [0, 0.05) is 24.7 Å². The number of aliphatic hydroxyl groups is 2. The Morgan fingerprint density at radius 3 is 2.60 bits per heavy atom. The molecular formula is C15H22N2O3. The van der Waals surface area contributed by atoms with Gasteiger partial charge < -0.3 is 20.4 Å². The number of nitrogens with zero attached hydrogens (tertiary/aromatic N) is 1. The predicted octanol–water partition coefficient (Wildman–Crippen LogP) is 0.605. The topological polar surface area (TPSA) is 82.9 Å². The lowest BCUT2D eigenvalue weighted by Gasteiger charge is -2.39. The van der Waals surface area contributed by atoms with Crippen molar-refractivity contribution >= 4 is 5.57 Å². The summed E-state index contributed by atoms with van der Waals surface area (Å²) >= 11 is 0. The maximum atomic E-state index is 9.20. The van der Waals surface area contributed by atoms with Crippen molar-refractivity contribution in [2.75, 3.05) is 26.3 Å². The standard InChI is InChI=1S/C15H22N2O3/c1-15(17(5-7-18)6-8-19)4-2-14(16)13(10-15)12-3-9-20-11-12/h2-4,9-11,14,18-19H,5-8,16H2,1H3. The molecule has 2 atom stereocenters. The van der Waals surface area contributed by atoms with Gasteiger partial charge >= 0.3 is 0 Å². The number of β-amino-alcohol motifs (C(OH)–C–C–N with tert-alkyl or cyclic N) is 2. The smallest absolute Gasteiger partial charge is 0.0978 e. The number of aliphatic hydroxyl groups excluding tert-OH is 2. The van der Waals surface area contributed by atoms with Gasteiger partial charge in [-0.15, -0.1) is 0 Å². The highest BCUT2D eigenvalue weighted by Crippen LogP contribution is 2.31.